The molecule has 0 saturated carbocycles. The Bertz CT molecular complexity index is 748. The third-order valence-electron chi connectivity index (χ3n) is 3.97. The summed E-state index contributed by atoms with van der Waals surface area (Å²) < 4.78 is 33.5. The van der Waals surface area contributed by atoms with Crippen LogP contribution in [0.5, 0.6) is 5.75 Å². The number of aromatic nitrogens is 2. The third-order valence-corrected chi connectivity index (χ3v) is 3.97. The Balaban J connectivity index is 1.46. The van der Waals surface area contributed by atoms with Gasteiger partial charge >= 0.3 is 0 Å². The van der Waals surface area contributed by atoms with Crippen LogP contribution in [0.25, 0.3) is 11.1 Å². The van der Waals surface area contributed by atoms with E-state index in [1.165, 1.54) is 0 Å². The number of hydrogen-bond donors (Lipinski definition) is 2. The molecule has 1 aromatic heterocycles. The van der Waals surface area contributed by atoms with Crippen LogP contribution in [-0.4, -0.2) is 47.3 Å². The second-order valence-corrected chi connectivity index (χ2v) is 6.06. The highest BCUT2D eigenvalue weighted by Crippen LogP contribution is 2.25. The molecule has 25 heavy (non-hydrogen) atoms. The number of rotatable bonds is 6. The quantitative estimate of drug-likeness (QED) is 0.777. The minimum Gasteiger partial charge on any atom is -0.492 e. The maximum atomic E-state index is 13.1. The zero-order chi connectivity index (χ0) is 17.9. The number of alkyl halides is 2. The molecular weight excluding hydrogens is 330 g/mol. The Kier molecular flexibility index (Phi) is 4.98. The first kappa shape index (κ1) is 17.3. The van der Waals surface area contributed by atoms with Crippen LogP contribution in [-0.2, 0) is 11.8 Å². The molecule has 1 aromatic carbocycles. The number of halogens is 2. The molecule has 1 atom stereocenters. The molecule has 0 bridgehead atoms. The van der Waals surface area contributed by atoms with E-state index in [4.69, 9.17) is 4.74 Å². The summed E-state index contributed by atoms with van der Waals surface area (Å²) >= 11 is 0. The van der Waals surface area contributed by atoms with Crippen molar-refractivity contribution >= 4 is 5.91 Å². The predicted octanol–water partition coefficient (Wildman–Crippen LogP) is 1.58. The van der Waals surface area contributed by atoms with Crippen LogP contribution in [0.2, 0.25) is 0 Å². The number of carbonyl (C=O) groups is 1. The second kappa shape index (κ2) is 7.18. The number of hydrogen-bond acceptors (Lipinski definition) is 4. The fourth-order valence-corrected chi connectivity index (χ4v) is 2.70. The molecule has 6 nitrogen and oxygen atoms in total. The molecule has 3 rings (SSSR count). The monoisotopic (exact) mass is 350 g/mol. The van der Waals surface area contributed by atoms with Gasteiger partial charge in [0.15, 0.2) is 0 Å². The van der Waals surface area contributed by atoms with Crippen molar-refractivity contribution in [3.8, 4) is 16.9 Å². The van der Waals surface area contributed by atoms with Gasteiger partial charge in [-0.05, 0) is 17.7 Å². The van der Waals surface area contributed by atoms with Crippen LogP contribution in [0.1, 0.15) is 6.42 Å². The van der Waals surface area contributed by atoms with Gasteiger partial charge in [-0.25, -0.2) is 8.78 Å². The van der Waals surface area contributed by atoms with E-state index in [0.717, 1.165) is 11.1 Å². The van der Waals surface area contributed by atoms with Gasteiger partial charge in [-0.3, -0.25) is 14.8 Å². The zero-order valence-electron chi connectivity index (χ0n) is 13.8. The van der Waals surface area contributed by atoms with E-state index in [-0.39, 0.29) is 13.2 Å². The van der Waals surface area contributed by atoms with Crippen molar-refractivity contribution in [3.05, 3.63) is 36.7 Å². The zero-order valence-corrected chi connectivity index (χ0v) is 13.8. The van der Waals surface area contributed by atoms with E-state index in [9.17, 15) is 13.6 Å². The van der Waals surface area contributed by atoms with Crippen molar-refractivity contribution in [1.82, 2.24) is 20.4 Å². The van der Waals surface area contributed by atoms with E-state index < -0.39 is 30.8 Å². The average Bonchev–Trinajstić information content (AvgIpc) is 3.17. The van der Waals surface area contributed by atoms with Crippen molar-refractivity contribution in [2.45, 2.75) is 18.4 Å². The molecule has 2 heterocycles. The van der Waals surface area contributed by atoms with Crippen molar-refractivity contribution < 1.29 is 18.3 Å². The second-order valence-electron chi connectivity index (χ2n) is 6.06. The highest BCUT2D eigenvalue weighted by Gasteiger charge is 2.42. The highest BCUT2D eigenvalue weighted by atomic mass is 19.3. The lowest BCUT2D eigenvalue weighted by Gasteiger charge is -2.12. The molecule has 134 valence electrons. The van der Waals surface area contributed by atoms with Gasteiger partial charge < -0.3 is 10.1 Å². The van der Waals surface area contributed by atoms with Gasteiger partial charge in [-0.2, -0.15) is 5.10 Å². The minimum absolute atomic E-state index is 0.250. The van der Waals surface area contributed by atoms with Gasteiger partial charge in [-0.15, -0.1) is 0 Å². The summed E-state index contributed by atoms with van der Waals surface area (Å²) in [4.78, 5) is 11.8. The van der Waals surface area contributed by atoms with Crippen molar-refractivity contribution in [2.75, 3.05) is 19.7 Å². The first-order valence-corrected chi connectivity index (χ1v) is 8.04. The van der Waals surface area contributed by atoms with Crippen LogP contribution in [0.4, 0.5) is 8.78 Å². The summed E-state index contributed by atoms with van der Waals surface area (Å²) in [6.45, 7) is 0.0494. The van der Waals surface area contributed by atoms with Crippen LogP contribution in [0.15, 0.2) is 36.7 Å². The van der Waals surface area contributed by atoms with E-state index in [1.54, 1.807) is 10.9 Å². The van der Waals surface area contributed by atoms with Gasteiger partial charge in [-0.1, -0.05) is 12.1 Å². The number of amides is 1. The van der Waals surface area contributed by atoms with E-state index in [0.29, 0.717) is 5.75 Å². The smallest absolute Gasteiger partial charge is 0.262 e. The van der Waals surface area contributed by atoms with Gasteiger partial charge in [0.2, 0.25) is 5.91 Å². The summed E-state index contributed by atoms with van der Waals surface area (Å²) in [5, 5.41) is 9.27. The SMILES string of the molecule is Cn1cc(-c2cccc(OCCNC(=O)[C@H]3CC(F)(F)CN3)c2)cn1. The van der Waals surface area contributed by atoms with Crippen LogP contribution >= 0.6 is 0 Å². The fraction of sp³-hybridized carbons (Fsp3) is 0.412. The number of nitrogens with zero attached hydrogens (tertiary/aromatic N) is 2. The Labute approximate surface area is 144 Å². The number of nitrogens with one attached hydrogen (secondary N) is 2. The summed E-state index contributed by atoms with van der Waals surface area (Å²) in [6, 6.07) is 6.70. The Morgan fingerprint density at radius 1 is 1.48 bits per heavy atom. The van der Waals surface area contributed by atoms with E-state index in [2.05, 4.69) is 15.7 Å². The molecule has 8 heteroatoms. The van der Waals surface area contributed by atoms with Crippen molar-refractivity contribution in [3.63, 3.8) is 0 Å². The Hall–Kier alpha value is -2.48. The van der Waals surface area contributed by atoms with E-state index >= 15 is 0 Å². The molecule has 0 unspecified atom stereocenters. The van der Waals surface area contributed by atoms with Crippen molar-refractivity contribution in [2.24, 2.45) is 7.05 Å². The molecule has 0 spiro atoms. The Morgan fingerprint density at radius 2 is 2.32 bits per heavy atom. The topological polar surface area (TPSA) is 68.2 Å². The summed E-state index contributed by atoms with van der Waals surface area (Å²) in [6.07, 6.45) is 3.21. The summed E-state index contributed by atoms with van der Waals surface area (Å²) in [5.74, 6) is -2.57. The largest absolute Gasteiger partial charge is 0.492 e. The molecule has 1 fully saturated rings. The lowest BCUT2D eigenvalue weighted by Crippen LogP contribution is -2.41. The third kappa shape index (κ3) is 4.54. The first-order chi connectivity index (χ1) is 11.9. The Morgan fingerprint density at radius 3 is 3.00 bits per heavy atom. The van der Waals surface area contributed by atoms with Gasteiger partial charge in [0.25, 0.3) is 5.92 Å². The van der Waals surface area contributed by atoms with Gasteiger partial charge in [0.05, 0.1) is 25.3 Å². The number of ether oxygens (including phenoxy) is 1. The van der Waals surface area contributed by atoms with Crippen LogP contribution in [0, 0.1) is 0 Å². The molecule has 1 aliphatic heterocycles. The molecule has 0 radical (unpaired) electrons. The molecule has 1 aliphatic rings. The lowest BCUT2D eigenvalue weighted by molar-refractivity contribution is -0.123. The average molecular weight is 350 g/mol. The molecule has 2 aromatic rings. The first-order valence-electron chi connectivity index (χ1n) is 8.04. The fourth-order valence-electron chi connectivity index (χ4n) is 2.70. The van der Waals surface area contributed by atoms with Crippen molar-refractivity contribution in [1.29, 1.82) is 0 Å². The highest BCUT2D eigenvalue weighted by molar-refractivity contribution is 5.82. The molecule has 1 saturated heterocycles. The lowest BCUT2D eigenvalue weighted by atomic mass is 10.1. The summed E-state index contributed by atoms with van der Waals surface area (Å²) in [5.41, 5.74) is 1.96. The molecular formula is C17H20F2N4O2. The van der Waals surface area contributed by atoms with Gasteiger partial charge in [0, 0.05) is 25.2 Å². The minimum atomic E-state index is -2.81. The van der Waals surface area contributed by atoms with Crippen LogP contribution in [0.3, 0.4) is 0 Å². The van der Waals surface area contributed by atoms with Crippen LogP contribution < -0.4 is 15.4 Å². The number of aryl methyl sites for hydroxylation is 1. The normalized spacial score (nSPS) is 18.9. The maximum absolute atomic E-state index is 13.1. The van der Waals surface area contributed by atoms with E-state index in [1.807, 2.05) is 37.5 Å². The maximum Gasteiger partial charge on any atom is 0.262 e. The van der Waals surface area contributed by atoms with Gasteiger partial charge in [0.1, 0.15) is 12.4 Å². The summed E-state index contributed by atoms with van der Waals surface area (Å²) in [7, 11) is 1.85. The number of benzene rings is 1. The standard InChI is InChI=1S/C17H20F2N4O2/c1-23-10-13(9-22-23)12-3-2-4-14(7-12)25-6-5-20-16(24)15-8-17(18,19)11-21-15/h2-4,7,9-10,15,21H,5-6,8,11H2,1H3,(H,20,24)/t15-/m1/s1. The molecule has 0 aliphatic carbocycles. The number of carbonyl (C=O) groups excluding carboxylic acids is 1. The predicted molar refractivity (Wildman–Crippen MR) is 88.5 cm³/mol. The molecule has 1 amide bonds. The molecule has 2 N–H and O–H groups in total.